The summed E-state index contributed by atoms with van der Waals surface area (Å²) >= 11 is 0. The van der Waals surface area contributed by atoms with E-state index in [0.29, 0.717) is 36.9 Å². The number of nitrogens with zero attached hydrogens (tertiary/aromatic N) is 4. The number of carbonyl (C=O) groups is 2. The summed E-state index contributed by atoms with van der Waals surface area (Å²) in [4.78, 5) is 26.5. The highest BCUT2D eigenvalue weighted by Crippen LogP contribution is 2.32. The van der Waals surface area contributed by atoms with Crippen molar-refractivity contribution >= 4 is 11.8 Å². The summed E-state index contributed by atoms with van der Waals surface area (Å²) in [6.07, 6.45) is 3.11. The lowest BCUT2D eigenvalue weighted by atomic mass is 9.89. The lowest BCUT2D eigenvalue weighted by molar-refractivity contribution is 0.0593. The molecular formula is C19H22N4O5. The maximum absolute atomic E-state index is 12.9. The summed E-state index contributed by atoms with van der Waals surface area (Å²) in [7, 11) is 1.31. The Hall–Kier alpha value is -2.94. The maximum Gasteiger partial charge on any atom is 0.360 e. The first-order chi connectivity index (χ1) is 13.6. The van der Waals surface area contributed by atoms with Crippen molar-refractivity contribution in [3.63, 3.8) is 0 Å². The SMILES string of the molecule is COC(=O)c1cn(CN2CCC(C(=O)c3ccc4c(c3)OCCO4)CC2)nn1. The second-order valence-electron chi connectivity index (χ2n) is 6.89. The number of carbonyl (C=O) groups excluding carboxylic acids is 2. The zero-order chi connectivity index (χ0) is 19.5. The molecule has 9 nitrogen and oxygen atoms in total. The highest BCUT2D eigenvalue weighted by molar-refractivity contribution is 5.98. The average Bonchev–Trinajstić information content (AvgIpc) is 3.21. The Labute approximate surface area is 162 Å². The third kappa shape index (κ3) is 3.84. The summed E-state index contributed by atoms with van der Waals surface area (Å²) in [6.45, 7) is 3.10. The second kappa shape index (κ2) is 7.97. The molecule has 28 heavy (non-hydrogen) atoms. The number of hydrogen-bond acceptors (Lipinski definition) is 8. The standard InChI is InChI=1S/C19H22N4O5/c1-26-19(25)15-11-23(21-20-15)12-22-6-4-13(5-7-22)18(24)14-2-3-16-17(10-14)28-9-8-27-16/h2-3,10-11,13H,4-9,12H2,1H3. The number of methoxy groups -OCH3 is 1. The Morgan fingerprint density at radius 1 is 1.18 bits per heavy atom. The number of likely N-dealkylation sites (tertiary alicyclic amines) is 1. The predicted octanol–water partition coefficient (Wildman–Crippen LogP) is 1.39. The molecule has 0 spiro atoms. The molecule has 2 aromatic rings. The van der Waals surface area contributed by atoms with Gasteiger partial charge < -0.3 is 14.2 Å². The van der Waals surface area contributed by atoms with Gasteiger partial charge in [-0.25, -0.2) is 9.48 Å². The molecule has 3 heterocycles. The summed E-state index contributed by atoms with van der Waals surface area (Å²) < 4.78 is 17.3. The summed E-state index contributed by atoms with van der Waals surface area (Å²) in [5.41, 5.74) is 0.855. The molecule has 2 aliphatic heterocycles. The minimum Gasteiger partial charge on any atom is -0.486 e. The van der Waals surface area contributed by atoms with Crippen LogP contribution in [-0.4, -0.2) is 65.1 Å². The van der Waals surface area contributed by atoms with E-state index in [0.717, 1.165) is 25.9 Å². The number of benzene rings is 1. The lowest BCUT2D eigenvalue weighted by Gasteiger charge is -2.31. The van der Waals surface area contributed by atoms with Crippen LogP contribution in [0.1, 0.15) is 33.7 Å². The monoisotopic (exact) mass is 386 g/mol. The number of hydrogen-bond donors (Lipinski definition) is 0. The lowest BCUT2D eigenvalue weighted by Crippen LogP contribution is -2.37. The first-order valence-electron chi connectivity index (χ1n) is 9.28. The van der Waals surface area contributed by atoms with E-state index in [1.807, 2.05) is 6.07 Å². The maximum atomic E-state index is 12.9. The van der Waals surface area contributed by atoms with Crippen LogP contribution in [0.5, 0.6) is 11.5 Å². The largest absolute Gasteiger partial charge is 0.486 e. The van der Waals surface area contributed by atoms with Crippen molar-refractivity contribution in [3.8, 4) is 11.5 Å². The van der Waals surface area contributed by atoms with E-state index in [-0.39, 0.29) is 17.4 Å². The van der Waals surface area contributed by atoms with Crippen LogP contribution in [0, 0.1) is 5.92 Å². The molecule has 0 atom stereocenters. The van der Waals surface area contributed by atoms with E-state index >= 15 is 0 Å². The normalized spacial score (nSPS) is 17.3. The van der Waals surface area contributed by atoms with Crippen molar-refractivity contribution in [2.24, 2.45) is 5.92 Å². The number of ether oxygens (including phenoxy) is 3. The van der Waals surface area contributed by atoms with Gasteiger partial charge in [-0.2, -0.15) is 0 Å². The molecule has 1 saturated heterocycles. The van der Waals surface area contributed by atoms with Crippen molar-refractivity contribution in [1.29, 1.82) is 0 Å². The summed E-state index contributed by atoms with van der Waals surface area (Å²) in [5.74, 6) is 0.958. The van der Waals surface area contributed by atoms with Gasteiger partial charge in [0.05, 0.1) is 20.0 Å². The minimum atomic E-state index is -0.505. The summed E-state index contributed by atoms with van der Waals surface area (Å²) in [5, 5.41) is 7.76. The molecule has 0 bridgehead atoms. The zero-order valence-corrected chi connectivity index (χ0v) is 15.7. The van der Waals surface area contributed by atoms with Gasteiger partial charge in [0.1, 0.15) is 13.2 Å². The predicted molar refractivity (Wildman–Crippen MR) is 97.4 cm³/mol. The van der Waals surface area contributed by atoms with Crippen molar-refractivity contribution in [2.45, 2.75) is 19.5 Å². The van der Waals surface area contributed by atoms with Crippen LogP contribution in [0.2, 0.25) is 0 Å². The third-order valence-corrected chi connectivity index (χ3v) is 5.06. The molecule has 2 aliphatic rings. The van der Waals surface area contributed by atoms with E-state index in [9.17, 15) is 9.59 Å². The fourth-order valence-electron chi connectivity index (χ4n) is 3.54. The number of piperidine rings is 1. The van der Waals surface area contributed by atoms with E-state index in [1.54, 1.807) is 23.0 Å². The molecule has 0 radical (unpaired) electrons. The molecule has 1 aromatic heterocycles. The molecular weight excluding hydrogens is 364 g/mol. The second-order valence-corrected chi connectivity index (χ2v) is 6.89. The molecule has 0 saturated carbocycles. The first-order valence-corrected chi connectivity index (χ1v) is 9.28. The Morgan fingerprint density at radius 3 is 2.68 bits per heavy atom. The first kappa shape index (κ1) is 18.4. The minimum absolute atomic E-state index is 0.0137. The van der Waals surface area contributed by atoms with Crippen LogP contribution >= 0.6 is 0 Å². The Kier molecular flexibility index (Phi) is 5.25. The number of fused-ring (bicyclic) bond motifs is 1. The zero-order valence-electron chi connectivity index (χ0n) is 15.7. The quantitative estimate of drug-likeness (QED) is 0.562. The fraction of sp³-hybridized carbons (Fsp3) is 0.474. The molecule has 0 amide bonds. The van der Waals surface area contributed by atoms with Gasteiger partial charge in [0.25, 0.3) is 0 Å². The topological polar surface area (TPSA) is 95.8 Å². The Balaban J connectivity index is 1.33. The molecule has 1 fully saturated rings. The van der Waals surface area contributed by atoms with Gasteiger partial charge in [-0.05, 0) is 31.0 Å². The van der Waals surface area contributed by atoms with E-state index < -0.39 is 5.97 Å². The van der Waals surface area contributed by atoms with Gasteiger partial charge in [-0.3, -0.25) is 9.69 Å². The van der Waals surface area contributed by atoms with Gasteiger partial charge >= 0.3 is 5.97 Å². The van der Waals surface area contributed by atoms with Crippen molar-refractivity contribution in [3.05, 3.63) is 35.7 Å². The number of Topliss-reactive ketones (excluding diaryl/α,β-unsaturated/α-hetero) is 1. The highest BCUT2D eigenvalue weighted by Gasteiger charge is 2.27. The third-order valence-electron chi connectivity index (χ3n) is 5.06. The smallest absolute Gasteiger partial charge is 0.360 e. The van der Waals surface area contributed by atoms with E-state index in [2.05, 4.69) is 19.9 Å². The van der Waals surface area contributed by atoms with Crippen LogP contribution < -0.4 is 9.47 Å². The van der Waals surface area contributed by atoms with Gasteiger partial charge in [-0.1, -0.05) is 5.21 Å². The number of rotatable bonds is 5. The van der Waals surface area contributed by atoms with Gasteiger partial charge in [0.15, 0.2) is 23.0 Å². The molecule has 148 valence electrons. The van der Waals surface area contributed by atoms with Crippen LogP contribution in [0.25, 0.3) is 0 Å². The van der Waals surface area contributed by atoms with Gasteiger partial charge in [-0.15, -0.1) is 5.10 Å². The molecule has 0 aliphatic carbocycles. The van der Waals surface area contributed by atoms with E-state index in [1.165, 1.54) is 7.11 Å². The fourth-order valence-corrected chi connectivity index (χ4v) is 3.54. The molecule has 4 rings (SSSR count). The Morgan fingerprint density at radius 2 is 1.93 bits per heavy atom. The molecule has 1 aromatic carbocycles. The Bertz CT molecular complexity index is 873. The highest BCUT2D eigenvalue weighted by atomic mass is 16.6. The van der Waals surface area contributed by atoms with Crippen molar-refractivity contribution in [1.82, 2.24) is 19.9 Å². The number of aromatic nitrogens is 3. The molecule has 0 N–H and O–H groups in total. The average molecular weight is 386 g/mol. The van der Waals surface area contributed by atoms with Crippen molar-refractivity contribution in [2.75, 3.05) is 33.4 Å². The molecule has 9 heteroatoms. The number of ketones is 1. The molecule has 0 unspecified atom stereocenters. The number of esters is 1. The van der Waals surface area contributed by atoms with Crippen molar-refractivity contribution < 1.29 is 23.8 Å². The summed E-state index contributed by atoms with van der Waals surface area (Å²) in [6, 6.07) is 5.40. The van der Waals surface area contributed by atoms with Crippen LogP contribution in [0.4, 0.5) is 0 Å². The van der Waals surface area contributed by atoms with Crippen LogP contribution in [0.15, 0.2) is 24.4 Å². The van der Waals surface area contributed by atoms with Crippen LogP contribution in [-0.2, 0) is 11.4 Å². The van der Waals surface area contributed by atoms with Gasteiger partial charge in [0.2, 0.25) is 0 Å². The van der Waals surface area contributed by atoms with E-state index in [4.69, 9.17) is 9.47 Å². The van der Waals surface area contributed by atoms with Gasteiger partial charge in [0, 0.05) is 24.6 Å². The van der Waals surface area contributed by atoms with Crippen LogP contribution in [0.3, 0.4) is 0 Å².